The monoisotopic (exact) mass is 341 g/mol. The number of H-pyrrole nitrogens is 1. The van der Waals surface area contributed by atoms with Gasteiger partial charge in [-0.25, -0.2) is 0 Å². The third-order valence-corrected chi connectivity index (χ3v) is 5.37. The molecule has 1 aromatic carbocycles. The Morgan fingerprint density at radius 1 is 1.28 bits per heavy atom. The minimum Gasteiger partial charge on any atom is -0.379 e. The van der Waals surface area contributed by atoms with Gasteiger partial charge in [-0.15, -0.1) is 0 Å². The number of morpholine rings is 1. The Morgan fingerprint density at radius 2 is 2.08 bits per heavy atom. The van der Waals surface area contributed by atoms with Crippen molar-refractivity contribution in [1.82, 2.24) is 15.2 Å². The predicted molar refractivity (Wildman–Crippen MR) is 99.1 cm³/mol. The van der Waals surface area contributed by atoms with Gasteiger partial charge < -0.3 is 15.0 Å². The smallest absolute Gasteiger partial charge is 0.251 e. The second kappa shape index (κ2) is 7.18. The van der Waals surface area contributed by atoms with Crippen molar-refractivity contribution in [2.24, 2.45) is 0 Å². The molecule has 0 spiro atoms. The van der Waals surface area contributed by atoms with Gasteiger partial charge in [-0.2, -0.15) is 0 Å². The number of rotatable bonds is 4. The van der Waals surface area contributed by atoms with Crippen LogP contribution in [0.25, 0.3) is 10.9 Å². The highest BCUT2D eigenvalue weighted by atomic mass is 16.5. The zero-order valence-electron chi connectivity index (χ0n) is 14.9. The van der Waals surface area contributed by atoms with Crippen LogP contribution in [0.3, 0.4) is 0 Å². The van der Waals surface area contributed by atoms with Crippen LogP contribution >= 0.6 is 0 Å². The number of carbonyl (C=O) groups excluding carboxylic acids is 1. The van der Waals surface area contributed by atoms with Crippen LogP contribution in [0.15, 0.2) is 18.2 Å². The topological polar surface area (TPSA) is 57.4 Å². The third kappa shape index (κ3) is 3.58. The van der Waals surface area contributed by atoms with Gasteiger partial charge in [-0.3, -0.25) is 9.69 Å². The molecule has 1 amide bonds. The van der Waals surface area contributed by atoms with Gasteiger partial charge in [0.25, 0.3) is 5.91 Å². The summed E-state index contributed by atoms with van der Waals surface area (Å²) in [7, 11) is 0. The highest BCUT2D eigenvalue weighted by Crippen LogP contribution is 2.29. The minimum atomic E-state index is 0.0217. The molecule has 5 heteroatoms. The average Bonchev–Trinajstić information content (AvgIpc) is 3.00. The highest BCUT2D eigenvalue weighted by molar-refractivity contribution is 5.99. The molecular weight excluding hydrogens is 314 g/mol. The Hall–Kier alpha value is -1.85. The standard InChI is InChI=1S/C20H27N3O2/c1-14(13-23-8-10-25-11-9-23)21-20(24)15-6-7-19-17(12-15)16-4-2-3-5-18(16)22-19/h6-7,12,14,22H,2-5,8-11,13H2,1H3,(H,21,24)/t14-/m1/s1. The molecule has 0 bridgehead atoms. The molecule has 25 heavy (non-hydrogen) atoms. The Kier molecular flexibility index (Phi) is 4.77. The zero-order valence-corrected chi connectivity index (χ0v) is 14.9. The second-order valence-corrected chi connectivity index (χ2v) is 7.34. The maximum Gasteiger partial charge on any atom is 0.251 e. The van der Waals surface area contributed by atoms with Crippen molar-refractivity contribution in [3.63, 3.8) is 0 Å². The summed E-state index contributed by atoms with van der Waals surface area (Å²) in [6.45, 7) is 6.41. The normalized spacial score (nSPS) is 19.6. The molecular formula is C20H27N3O2. The van der Waals surface area contributed by atoms with Gasteiger partial charge in [-0.05, 0) is 56.4 Å². The van der Waals surface area contributed by atoms with Crippen LogP contribution in [0.2, 0.25) is 0 Å². The van der Waals surface area contributed by atoms with E-state index < -0.39 is 0 Å². The molecule has 0 saturated carbocycles. The van der Waals surface area contributed by atoms with Crippen LogP contribution in [-0.2, 0) is 17.6 Å². The number of carbonyl (C=O) groups is 1. The summed E-state index contributed by atoms with van der Waals surface area (Å²) < 4.78 is 5.38. The van der Waals surface area contributed by atoms with E-state index in [2.05, 4.69) is 34.3 Å². The first-order valence-corrected chi connectivity index (χ1v) is 9.45. The summed E-state index contributed by atoms with van der Waals surface area (Å²) in [5.74, 6) is 0.0217. The number of nitrogens with zero attached hydrogens (tertiary/aromatic N) is 1. The molecule has 2 heterocycles. The van der Waals surface area contributed by atoms with E-state index in [1.54, 1.807) is 0 Å². The molecule has 0 unspecified atom stereocenters. The lowest BCUT2D eigenvalue weighted by Gasteiger charge is -2.29. The second-order valence-electron chi connectivity index (χ2n) is 7.34. The lowest BCUT2D eigenvalue weighted by Crippen LogP contribution is -2.46. The quantitative estimate of drug-likeness (QED) is 0.898. The van der Waals surface area contributed by atoms with E-state index >= 15 is 0 Å². The van der Waals surface area contributed by atoms with Gasteiger partial charge in [0.05, 0.1) is 13.2 Å². The number of aromatic nitrogens is 1. The van der Waals surface area contributed by atoms with Crippen molar-refractivity contribution < 1.29 is 9.53 Å². The summed E-state index contributed by atoms with van der Waals surface area (Å²) in [6.07, 6.45) is 4.75. The maximum atomic E-state index is 12.7. The number of aryl methyl sites for hydroxylation is 2. The Bertz CT molecular complexity index is 762. The van der Waals surface area contributed by atoms with Crippen molar-refractivity contribution in [1.29, 1.82) is 0 Å². The van der Waals surface area contributed by atoms with Gasteiger partial charge in [0.2, 0.25) is 0 Å². The summed E-state index contributed by atoms with van der Waals surface area (Å²) in [5.41, 5.74) is 4.69. The fraction of sp³-hybridized carbons (Fsp3) is 0.550. The molecule has 1 fully saturated rings. The summed E-state index contributed by atoms with van der Waals surface area (Å²) >= 11 is 0. The first-order valence-electron chi connectivity index (χ1n) is 9.45. The van der Waals surface area contributed by atoms with Crippen molar-refractivity contribution in [3.8, 4) is 0 Å². The largest absolute Gasteiger partial charge is 0.379 e. The van der Waals surface area contributed by atoms with E-state index in [-0.39, 0.29) is 11.9 Å². The minimum absolute atomic E-state index is 0.0217. The number of amides is 1. The molecule has 134 valence electrons. The highest BCUT2D eigenvalue weighted by Gasteiger charge is 2.19. The SMILES string of the molecule is C[C@H](CN1CCOCC1)NC(=O)c1ccc2[nH]c3c(c2c1)CCCC3. The number of hydrogen-bond donors (Lipinski definition) is 2. The molecule has 5 nitrogen and oxygen atoms in total. The molecule has 1 atom stereocenters. The fourth-order valence-electron chi connectivity index (χ4n) is 4.07. The molecule has 1 aliphatic carbocycles. The molecule has 1 saturated heterocycles. The molecule has 1 aliphatic heterocycles. The number of hydrogen-bond acceptors (Lipinski definition) is 3. The van der Waals surface area contributed by atoms with E-state index in [0.29, 0.717) is 0 Å². The van der Waals surface area contributed by atoms with E-state index in [1.807, 2.05) is 6.07 Å². The Morgan fingerprint density at radius 3 is 2.92 bits per heavy atom. The predicted octanol–water partition coefficient (Wildman–Crippen LogP) is 2.50. The van der Waals surface area contributed by atoms with Crippen LogP contribution in [0.1, 0.15) is 41.4 Å². The van der Waals surface area contributed by atoms with Crippen molar-refractivity contribution in [2.45, 2.75) is 38.6 Å². The molecule has 2 N–H and O–H groups in total. The van der Waals surface area contributed by atoms with E-state index in [1.165, 1.54) is 29.5 Å². The van der Waals surface area contributed by atoms with Gasteiger partial charge in [-0.1, -0.05) is 0 Å². The third-order valence-electron chi connectivity index (χ3n) is 5.37. The first-order chi connectivity index (χ1) is 12.2. The fourth-order valence-corrected chi connectivity index (χ4v) is 4.07. The van der Waals surface area contributed by atoms with Crippen molar-refractivity contribution >= 4 is 16.8 Å². The van der Waals surface area contributed by atoms with Crippen LogP contribution in [0, 0.1) is 0 Å². The summed E-state index contributed by atoms with van der Waals surface area (Å²) in [6, 6.07) is 6.17. The number of fused-ring (bicyclic) bond motifs is 3. The zero-order chi connectivity index (χ0) is 17.2. The van der Waals surface area contributed by atoms with Crippen molar-refractivity contribution in [2.75, 3.05) is 32.8 Å². The van der Waals surface area contributed by atoms with Gasteiger partial charge in [0.15, 0.2) is 0 Å². The molecule has 0 radical (unpaired) electrons. The number of ether oxygens (including phenoxy) is 1. The van der Waals surface area contributed by atoms with Crippen LogP contribution in [-0.4, -0.2) is 54.7 Å². The van der Waals surface area contributed by atoms with E-state index in [0.717, 1.165) is 56.8 Å². The van der Waals surface area contributed by atoms with Gasteiger partial charge >= 0.3 is 0 Å². The Balaban J connectivity index is 1.46. The molecule has 4 rings (SSSR count). The van der Waals surface area contributed by atoms with E-state index in [4.69, 9.17) is 4.74 Å². The van der Waals surface area contributed by atoms with Gasteiger partial charge in [0, 0.05) is 47.8 Å². The molecule has 1 aromatic heterocycles. The van der Waals surface area contributed by atoms with Gasteiger partial charge in [0.1, 0.15) is 0 Å². The van der Waals surface area contributed by atoms with Crippen molar-refractivity contribution in [3.05, 3.63) is 35.0 Å². The molecule has 2 aromatic rings. The van der Waals surface area contributed by atoms with Crippen LogP contribution < -0.4 is 5.32 Å². The average molecular weight is 341 g/mol. The lowest BCUT2D eigenvalue weighted by atomic mass is 9.95. The molecule has 2 aliphatic rings. The summed E-state index contributed by atoms with van der Waals surface area (Å²) in [5, 5.41) is 4.37. The Labute approximate surface area is 148 Å². The number of benzene rings is 1. The van der Waals surface area contributed by atoms with E-state index in [9.17, 15) is 4.79 Å². The first kappa shape index (κ1) is 16.6. The number of nitrogens with one attached hydrogen (secondary N) is 2. The lowest BCUT2D eigenvalue weighted by molar-refractivity contribution is 0.0342. The van der Waals surface area contributed by atoms with Crippen LogP contribution in [0.4, 0.5) is 0 Å². The number of aromatic amines is 1. The maximum absolute atomic E-state index is 12.7. The van der Waals surface area contributed by atoms with Crippen LogP contribution in [0.5, 0.6) is 0 Å². The summed E-state index contributed by atoms with van der Waals surface area (Å²) in [4.78, 5) is 18.5.